The normalized spacial score (nSPS) is 52.9. The van der Waals surface area contributed by atoms with E-state index in [1.54, 1.807) is 0 Å². The molecular formula is C23H31NO3. The van der Waals surface area contributed by atoms with Gasteiger partial charge in [0.2, 0.25) is 0 Å². The van der Waals surface area contributed by atoms with E-state index >= 15 is 0 Å². The summed E-state index contributed by atoms with van der Waals surface area (Å²) in [6, 6.07) is 2.60. The lowest BCUT2D eigenvalue weighted by Gasteiger charge is -2.58. The number of rotatable bonds is 0. The average Bonchev–Trinajstić information content (AvgIpc) is 3.01. The largest absolute Gasteiger partial charge is 0.343 e. The summed E-state index contributed by atoms with van der Waals surface area (Å²) in [5.74, 6) is 1.32. The summed E-state index contributed by atoms with van der Waals surface area (Å²) in [5.41, 5.74) is 0.594. The fourth-order valence-electron chi connectivity index (χ4n) is 7.83. The molecule has 1 aliphatic heterocycles. The fraction of sp³-hybridized carbons (Fsp3) is 0.826. The minimum Gasteiger partial charge on any atom is -0.343 e. The first-order valence-corrected chi connectivity index (χ1v) is 10.7. The van der Waals surface area contributed by atoms with E-state index < -0.39 is 11.4 Å². The van der Waals surface area contributed by atoms with Crippen molar-refractivity contribution in [2.24, 2.45) is 28.6 Å². The molecule has 4 fully saturated rings. The van der Waals surface area contributed by atoms with Gasteiger partial charge in [0.1, 0.15) is 12.2 Å². The van der Waals surface area contributed by atoms with Gasteiger partial charge in [0.15, 0.2) is 17.2 Å². The molecule has 1 heterocycles. The van der Waals surface area contributed by atoms with Crippen LogP contribution in [0, 0.1) is 39.9 Å². The van der Waals surface area contributed by atoms with Crippen LogP contribution >= 0.6 is 0 Å². The Morgan fingerprint density at radius 3 is 2.63 bits per heavy atom. The maximum atomic E-state index is 12.0. The van der Waals surface area contributed by atoms with Crippen molar-refractivity contribution in [3.8, 4) is 6.07 Å². The molecule has 0 aromatic rings. The standard InChI is InChI=1S/C23H31NO3/c1-20(2)26-19-12-18-16-6-5-14-11-15(25)7-9-21(14,3)17(16)8-10-22(18,4)23(19,13-24)27-20/h11,16-19H,5-10,12H2,1-4H3/t16-,17-,18+,19-,21+,22+,23-/m1/s1. The quantitative estimate of drug-likeness (QED) is 0.629. The minimum absolute atomic E-state index is 0.121. The van der Waals surface area contributed by atoms with Crippen LogP contribution < -0.4 is 0 Å². The van der Waals surface area contributed by atoms with Crippen molar-refractivity contribution in [2.75, 3.05) is 0 Å². The summed E-state index contributed by atoms with van der Waals surface area (Å²) >= 11 is 0. The highest BCUT2D eigenvalue weighted by Crippen LogP contribution is 2.70. The highest BCUT2D eigenvalue weighted by molar-refractivity contribution is 5.91. The topological polar surface area (TPSA) is 59.3 Å². The van der Waals surface area contributed by atoms with Gasteiger partial charge in [-0.05, 0) is 81.6 Å². The highest BCUT2D eigenvalue weighted by Gasteiger charge is 2.73. The third kappa shape index (κ3) is 2.08. The molecule has 0 aromatic carbocycles. The molecule has 1 saturated heterocycles. The van der Waals surface area contributed by atoms with Crippen LogP contribution in [0.4, 0.5) is 0 Å². The third-order valence-electron chi connectivity index (χ3n) is 9.12. The van der Waals surface area contributed by atoms with Gasteiger partial charge < -0.3 is 9.47 Å². The number of carbonyl (C=O) groups is 1. The Bertz CT molecular complexity index is 779. The molecule has 7 atom stereocenters. The predicted molar refractivity (Wildman–Crippen MR) is 100 cm³/mol. The molecule has 27 heavy (non-hydrogen) atoms. The number of ether oxygens (including phenoxy) is 2. The Balaban J connectivity index is 1.52. The Morgan fingerprint density at radius 2 is 1.89 bits per heavy atom. The number of ketones is 1. The maximum absolute atomic E-state index is 12.0. The lowest BCUT2D eigenvalue weighted by atomic mass is 9.46. The number of fused-ring (bicyclic) bond motifs is 7. The molecule has 4 heteroatoms. The van der Waals surface area contributed by atoms with Crippen LogP contribution in [0.25, 0.3) is 0 Å². The lowest BCUT2D eigenvalue weighted by molar-refractivity contribution is -0.200. The molecule has 0 radical (unpaired) electrons. The van der Waals surface area contributed by atoms with E-state index in [2.05, 4.69) is 19.9 Å². The van der Waals surface area contributed by atoms with Crippen LogP contribution in [-0.4, -0.2) is 23.3 Å². The third-order valence-corrected chi connectivity index (χ3v) is 9.12. The minimum atomic E-state index is -0.814. The van der Waals surface area contributed by atoms with Crippen molar-refractivity contribution in [1.82, 2.24) is 0 Å². The van der Waals surface area contributed by atoms with E-state index in [0.29, 0.717) is 30.0 Å². The first kappa shape index (κ1) is 17.9. The molecule has 0 unspecified atom stereocenters. The molecule has 146 valence electrons. The van der Waals surface area contributed by atoms with Crippen LogP contribution in [-0.2, 0) is 14.3 Å². The number of carbonyl (C=O) groups excluding carboxylic acids is 1. The monoisotopic (exact) mass is 369 g/mol. The van der Waals surface area contributed by atoms with E-state index in [-0.39, 0.29) is 16.9 Å². The summed E-state index contributed by atoms with van der Waals surface area (Å²) in [6.45, 7) is 8.56. The maximum Gasteiger partial charge on any atom is 0.189 e. The molecule has 3 saturated carbocycles. The summed E-state index contributed by atoms with van der Waals surface area (Å²) in [4.78, 5) is 12.0. The fourth-order valence-corrected chi connectivity index (χ4v) is 7.83. The summed E-state index contributed by atoms with van der Waals surface area (Å²) in [6.07, 6.45) is 8.77. The Kier molecular flexibility index (Phi) is 3.47. The second-order valence-corrected chi connectivity index (χ2v) is 10.6. The first-order valence-electron chi connectivity index (χ1n) is 10.7. The number of nitrogens with zero attached hydrogens (tertiary/aromatic N) is 1. The lowest BCUT2D eigenvalue weighted by Crippen LogP contribution is -2.56. The van der Waals surface area contributed by atoms with Gasteiger partial charge in [-0.15, -0.1) is 0 Å². The molecule has 5 rings (SSSR count). The highest BCUT2D eigenvalue weighted by atomic mass is 16.8. The van der Waals surface area contributed by atoms with Crippen molar-refractivity contribution in [1.29, 1.82) is 5.26 Å². The number of allylic oxidation sites excluding steroid dienone is 1. The van der Waals surface area contributed by atoms with Crippen molar-refractivity contribution < 1.29 is 14.3 Å². The molecule has 0 N–H and O–H groups in total. The van der Waals surface area contributed by atoms with Gasteiger partial charge >= 0.3 is 0 Å². The molecule has 0 amide bonds. The molecule has 4 nitrogen and oxygen atoms in total. The van der Waals surface area contributed by atoms with Crippen molar-refractivity contribution in [3.63, 3.8) is 0 Å². The van der Waals surface area contributed by atoms with Gasteiger partial charge in [-0.25, -0.2) is 0 Å². The van der Waals surface area contributed by atoms with E-state index in [1.165, 1.54) is 5.57 Å². The number of hydrogen-bond acceptors (Lipinski definition) is 4. The zero-order valence-electron chi connectivity index (χ0n) is 17.0. The van der Waals surface area contributed by atoms with E-state index in [1.807, 2.05) is 19.9 Å². The summed E-state index contributed by atoms with van der Waals surface area (Å²) < 4.78 is 12.6. The van der Waals surface area contributed by atoms with Gasteiger partial charge in [-0.2, -0.15) is 5.26 Å². The smallest absolute Gasteiger partial charge is 0.189 e. The second-order valence-electron chi connectivity index (χ2n) is 10.6. The van der Waals surface area contributed by atoms with Crippen molar-refractivity contribution in [2.45, 2.75) is 90.1 Å². The van der Waals surface area contributed by atoms with E-state index in [9.17, 15) is 10.1 Å². The van der Waals surface area contributed by atoms with Crippen LogP contribution in [0.2, 0.25) is 0 Å². The molecule has 0 aromatic heterocycles. The second kappa shape index (κ2) is 5.24. The predicted octanol–water partition coefficient (Wildman–Crippen LogP) is 4.54. The summed E-state index contributed by atoms with van der Waals surface area (Å²) in [7, 11) is 0. The SMILES string of the molecule is CC1(C)O[C@@H]2C[C@H]3[C@@H]4CCC5=CC(=O)CC[C@]5(C)[C@@H]4CC[C@]3(C)[C@]2(C#N)O1. The van der Waals surface area contributed by atoms with Crippen LogP contribution in [0.5, 0.6) is 0 Å². The Morgan fingerprint density at radius 1 is 1.11 bits per heavy atom. The zero-order valence-corrected chi connectivity index (χ0v) is 17.0. The van der Waals surface area contributed by atoms with E-state index in [0.717, 1.165) is 38.5 Å². The average molecular weight is 370 g/mol. The molecular weight excluding hydrogens is 338 g/mol. The van der Waals surface area contributed by atoms with Gasteiger partial charge in [0, 0.05) is 11.8 Å². The van der Waals surface area contributed by atoms with Gasteiger partial charge in [0.25, 0.3) is 0 Å². The number of nitriles is 1. The van der Waals surface area contributed by atoms with Gasteiger partial charge in [-0.3, -0.25) is 4.79 Å². The van der Waals surface area contributed by atoms with Crippen LogP contribution in [0.3, 0.4) is 0 Å². The van der Waals surface area contributed by atoms with Crippen LogP contribution in [0.1, 0.15) is 72.6 Å². The van der Waals surface area contributed by atoms with Crippen molar-refractivity contribution in [3.05, 3.63) is 11.6 Å². The van der Waals surface area contributed by atoms with E-state index in [4.69, 9.17) is 9.47 Å². The Labute approximate surface area is 162 Å². The molecule has 5 aliphatic rings. The Hall–Kier alpha value is -1.18. The molecule has 0 spiro atoms. The van der Waals surface area contributed by atoms with Gasteiger partial charge in [0.05, 0.1) is 0 Å². The molecule has 4 aliphatic carbocycles. The molecule has 0 bridgehead atoms. The van der Waals surface area contributed by atoms with Gasteiger partial charge in [-0.1, -0.05) is 19.4 Å². The van der Waals surface area contributed by atoms with Crippen molar-refractivity contribution >= 4 is 5.78 Å². The zero-order chi connectivity index (χ0) is 19.2. The number of hydrogen-bond donors (Lipinski definition) is 0. The summed E-state index contributed by atoms with van der Waals surface area (Å²) in [5, 5.41) is 10.2. The van der Waals surface area contributed by atoms with Crippen LogP contribution in [0.15, 0.2) is 11.6 Å². The first-order chi connectivity index (χ1) is 12.7.